The highest BCUT2D eigenvalue weighted by Gasteiger charge is 2.17. The average molecular weight is 337 g/mol. The molecule has 0 amide bonds. The molecule has 0 unspecified atom stereocenters. The lowest BCUT2D eigenvalue weighted by atomic mass is 10.0. The lowest BCUT2D eigenvalue weighted by Crippen LogP contribution is -2.10. The summed E-state index contributed by atoms with van der Waals surface area (Å²) in [4.78, 5) is 4.75. The molecule has 2 heterocycles. The van der Waals surface area contributed by atoms with Crippen LogP contribution in [-0.4, -0.2) is 0 Å². The first kappa shape index (κ1) is 14.4. The Balaban J connectivity index is 0.000000244. The van der Waals surface area contributed by atoms with Gasteiger partial charge in [-0.2, -0.15) is 11.3 Å². The topological polar surface area (TPSA) is 12.4 Å². The summed E-state index contributed by atoms with van der Waals surface area (Å²) in [6.45, 7) is 0. The highest BCUT2D eigenvalue weighted by molar-refractivity contribution is 7.07. The van der Waals surface area contributed by atoms with E-state index in [1.165, 1.54) is 33.0 Å². The van der Waals surface area contributed by atoms with E-state index in [0.29, 0.717) is 0 Å². The number of rotatable bonds is 0. The van der Waals surface area contributed by atoms with E-state index < -0.39 is 0 Å². The van der Waals surface area contributed by atoms with Gasteiger partial charge in [-0.1, -0.05) is 54.6 Å². The molecule has 0 saturated carbocycles. The Morgan fingerprint density at radius 2 is 1.40 bits per heavy atom. The van der Waals surface area contributed by atoms with Crippen molar-refractivity contribution in [1.29, 1.82) is 0 Å². The highest BCUT2D eigenvalue weighted by Crippen LogP contribution is 2.33. The van der Waals surface area contributed by atoms with Crippen LogP contribution in [0.15, 0.2) is 88.5 Å². The molecule has 0 fully saturated rings. The molecule has 0 N–H and O–H groups in total. The lowest BCUT2D eigenvalue weighted by Gasteiger charge is -2.01. The van der Waals surface area contributed by atoms with Gasteiger partial charge in [0.1, 0.15) is 0 Å². The van der Waals surface area contributed by atoms with Crippen molar-refractivity contribution in [1.82, 2.24) is 0 Å². The number of nitrogens with zero attached hydrogens (tertiary/aromatic N) is 1. The van der Waals surface area contributed by atoms with E-state index in [2.05, 4.69) is 60.7 Å². The Morgan fingerprint density at radius 3 is 2.20 bits per heavy atom. The summed E-state index contributed by atoms with van der Waals surface area (Å²) in [7, 11) is 0. The Morgan fingerprint density at radius 1 is 0.640 bits per heavy atom. The van der Waals surface area contributed by atoms with Gasteiger partial charge in [-0.05, 0) is 56.9 Å². The summed E-state index contributed by atoms with van der Waals surface area (Å²) in [5, 5.41) is 6.48. The molecule has 0 saturated heterocycles. The van der Waals surface area contributed by atoms with E-state index in [-0.39, 0.29) is 0 Å². The van der Waals surface area contributed by atoms with Gasteiger partial charge in [0.25, 0.3) is 0 Å². The lowest BCUT2D eigenvalue weighted by molar-refractivity contribution is 1.41. The van der Waals surface area contributed by atoms with Crippen LogP contribution in [0.4, 0.5) is 5.69 Å². The summed E-state index contributed by atoms with van der Waals surface area (Å²) in [5.74, 6) is 0. The number of hydrogen-bond acceptors (Lipinski definition) is 2. The van der Waals surface area contributed by atoms with Crippen LogP contribution in [0, 0.1) is 0 Å². The zero-order chi connectivity index (χ0) is 16.6. The molecule has 118 valence electrons. The quantitative estimate of drug-likeness (QED) is 0.362. The first-order valence-electron chi connectivity index (χ1n) is 8.31. The van der Waals surface area contributed by atoms with Gasteiger partial charge in [0.2, 0.25) is 0 Å². The smallest absolute Gasteiger partial charge is 0.0722 e. The van der Waals surface area contributed by atoms with Gasteiger partial charge in [-0.3, -0.25) is 0 Å². The zero-order valence-electron chi connectivity index (χ0n) is 13.5. The molecular formula is C23H15NS. The SMILES string of the molecule is C1=c2cc3c(cc2-c2ccccc21)=Nc1ccccc1-3.c1ccsc1. The van der Waals surface area contributed by atoms with Crippen LogP contribution in [0.2, 0.25) is 0 Å². The molecule has 3 aromatic carbocycles. The van der Waals surface area contributed by atoms with Crippen LogP contribution in [-0.2, 0) is 0 Å². The average Bonchev–Trinajstić information content (AvgIpc) is 3.39. The van der Waals surface area contributed by atoms with E-state index in [9.17, 15) is 0 Å². The molecule has 1 nitrogen and oxygen atoms in total. The van der Waals surface area contributed by atoms with Gasteiger partial charge in [0, 0.05) is 11.1 Å². The van der Waals surface area contributed by atoms with Crippen LogP contribution < -0.4 is 10.6 Å². The van der Waals surface area contributed by atoms with Crippen molar-refractivity contribution in [2.24, 2.45) is 4.99 Å². The summed E-state index contributed by atoms with van der Waals surface area (Å²) >= 11 is 1.71. The minimum atomic E-state index is 1.08. The molecule has 2 aliphatic rings. The van der Waals surface area contributed by atoms with E-state index >= 15 is 0 Å². The monoisotopic (exact) mass is 337 g/mol. The van der Waals surface area contributed by atoms with Crippen LogP contribution in [0.25, 0.3) is 28.3 Å². The maximum Gasteiger partial charge on any atom is 0.0722 e. The molecule has 1 aromatic heterocycles. The van der Waals surface area contributed by atoms with Gasteiger partial charge in [-0.25, -0.2) is 4.99 Å². The molecule has 0 radical (unpaired) electrons. The van der Waals surface area contributed by atoms with Gasteiger partial charge in [-0.15, -0.1) is 0 Å². The second kappa shape index (κ2) is 5.83. The second-order valence-electron chi connectivity index (χ2n) is 6.11. The molecule has 1 aliphatic carbocycles. The van der Waals surface area contributed by atoms with Gasteiger partial charge >= 0.3 is 0 Å². The van der Waals surface area contributed by atoms with Crippen LogP contribution in [0.5, 0.6) is 0 Å². The first-order valence-corrected chi connectivity index (χ1v) is 9.25. The number of benzene rings is 3. The van der Waals surface area contributed by atoms with Crippen LogP contribution >= 0.6 is 11.3 Å². The fraction of sp³-hybridized carbons (Fsp3) is 0. The number of fused-ring (bicyclic) bond motifs is 6. The third kappa shape index (κ3) is 2.43. The van der Waals surface area contributed by atoms with E-state index in [4.69, 9.17) is 4.99 Å². The minimum absolute atomic E-state index is 1.08. The van der Waals surface area contributed by atoms with Crippen molar-refractivity contribution in [3.63, 3.8) is 0 Å². The second-order valence-corrected chi connectivity index (χ2v) is 6.93. The number of hydrogen-bond donors (Lipinski definition) is 0. The summed E-state index contributed by atoms with van der Waals surface area (Å²) < 4.78 is 0. The molecule has 0 bridgehead atoms. The minimum Gasteiger partial charge on any atom is -0.248 e. The predicted octanol–water partition coefficient (Wildman–Crippen LogP) is 5.18. The standard InChI is InChI=1S/C19H11N.C4H4S/c1-2-6-14-12(5-1)9-13-10-17-15-7-3-4-8-18(15)20-19(17)11-16(13)14;1-2-4-5-3-1/h1-11H;1-4H. The van der Waals surface area contributed by atoms with Crippen molar-refractivity contribution in [3.05, 3.63) is 99.7 Å². The van der Waals surface area contributed by atoms with Gasteiger partial charge in [0.05, 0.1) is 11.0 Å². The Labute approximate surface area is 150 Å². The van der Waals surface area contributed by atoms with Gasteiger partial charge in [0.15, 0.2) is 0 Å². The molecular weight excluding hydrogens is 322 g/mol. The molecule has 2 heteroatoms. The van der Waals surface area contributed by atoms with Crippen molar-refractivity contribution in [2.75, 3.05) is 0 Å². The number of thiophene rings is 1. The van der Waals surface area contributed by atoms with E-state index in [1.54, 1.807) is 11.3 Å². The third-order valence-corrected chi connectivity index (χ3v) is 5.22. The highest BCUT2D eigenvalue weighted by atomic mass is 32.1. The summed E-state index contributed by atoms with van der Waals surface area (Å²) in [6, 6.07) is 25.4. The van der Waals surface area contributed by atoms with E-state index in [0.717, 1.165) is 11.0 Å². The number of para-hydroxylation sites is 1. The Hall–Kier alpha value is -2.97. The fourth-order valence-corrected chi connectivity index (χ4v) is 3.91. The van der Waals surface area contributed by atoms with Crippen LogP contribution in [0.1, 0.15) is 5.56 Å². The zero-order valence-corrected chi connectivity index (χ0v) is 14.3. The summed E-state index contributed by atoms with van der Waals surface area (Å²) in [5.41, 5.74) is 7.50. The van der Waals surface area contributed by atoms with Crippen molar-refractivity contribution < 1.29 is 0 Å². The third-order valence-electron chi connectivity index (χ3n) is 4.59. The van der Waals surface area contributed by atoms with Crippen molar-refractivity contribution in [3.8, 4) is 22.3 Å². The normalized spacial score (nSPS) is 11.8. The molecule has 4 aromatic rings. The maximum absolute atomic E-state index is 4.75. The molecule has 0 atom stereocenters. The Kier molecular flexibility index (Phi) is 3.36. The van der Waals surface area contributed by atoms with Crippen molar-refractivity contribution in [2.45, 2.75) is 0 Å². The Bertz CT molecular complexity index is 1090. The fourth-order valence-electron chi connectivity index (χ4n) is 3.46. The molecule has 6 rings (SSSR count). The molecule has 1 aliphatic heterocycles. The summed E-state index contributed by atoms with van der Waals surface area (Å²) in [6.07, 6.45) is 2.27. The largest absolute Gasteiger partial charge is 0.248 e. The maximum atomic E-state index is 4.75. The van der Waals surface area contributed by atoms with Gasteiger partial charge < -0.3 is 0 Å². The van der Waals surface area contributed by atoms with E-state index in [1.807, 2.05) is 29.0 Å². The first-order chi connectivity index (χ1) is 12.4. The van der Waals surface area contributed by atoms with Crippen molar-refractivity contribution >= 4 is 23.1 Å². The molecule has 0 spiro atoms. The molecule has 25 heavy (non-hydrogen) atoms. The van der Waals surface area contributed by atoms with Crippen LogP contribution in [0.3, 0.4) is 0 Å². The predicted molar refractivity (Wildman–Crippen MR) is 106 cm³/mol.